The highest BCUT2D eigenvalue weighted by atomic mass is 32.2. The van der Waals surface area contributed by atoms with Crippen LogP contribution < -0.4 is 0 Å². The second kappa shape index (κ2) is 8.07. The maximum Gasteiger partial charge on any atom is 0.355 e. The molecule has 2 aromatic heterocycles. The second-order valence-corrected chi connectivity index (χ2v) is 7.36. The SMILES string of the molecule is CCOC(=O)c1[nH]c(C)c(C(=O)CSc2nnc3n2CCCCC3)c1C. The Morgan fingerprint density at radius 2 is 2.04 bits per heavy atom. The zero-order valence-corrected chi connectivity index (χ0v) is 16.2. The van der Waals surface area contributed by atoms with Crippen LogP contribution in [0.3, 0.4) is 0 Å². The maximum absolute atomic E-state index is 12.8. The molecule has 8 heteroatoms. The highest BCUT2D eigenvalue weighted by Crippen LogP contribution is 2.25. The molecule has 1 N–H and O–H groups in total. The van der Waals surface area contributed by atoms with Crippen LogP contribution in [0, 0.1) is 13.8 Å². The first-order valence-corrected chi connectivity index (χ1v) is 9.95. The number of aromatic amines is 1. The van der Waals surface area contributed by atoms with Gasteiger partial charge >= 0.3 is 5.97 Å². The fourth-order valence-electron chi connectivity index (χ4n) is 3.34. The van der Waals surface area contributed by atoms with E-state index in [1.54, 1.807) is 20.8 Å². The predicted molar refractivity (Wildman–Crippen MR) is 98.9 cm³/mol. The average molecular weight is 376 g/mol. The number of hydrogen-bond donors (Lipinski definition) is 1. The minimum absolute atomic E-state index is 0.0252. The molecule has 0 spiro atoms. The van der Waals surface area contributed by atoms with Crippen molar-refractivity contribution >= 4 is 23.5 Å². The lowest BCUT2D eigenvalue weighted by atomic mass is 10.1. The van der Waals surface area contributed by atoms with Gasteiger partial charge in [-0.15, -0.1) is 10.2 Å². The number of hydrogen-bond acceptors (Lipinski definition) is 6. The number of nitrogens with one attached hydrogen (secondary N) is 1. The van der Waals surface area contributed by atoms with Gasteiger partial charge in [0.1, 0.15) is 11.5 Å². The summed E-state index contributed by atoms with van der Waals surface area (Å²) in [5.74, 6) is 0.821. The van der Waals surface area contributed by atoms with Crippen LogP contribution in [0.2, 0.25) is 0 Å². The average Bonchev–Trinajstić information content (AvgIpc) is 3.03. The van der Waals surface area contributed by atoms with Crippen LogP contribution in [-0.2, 0) is 17.7 Å². The summed E-state index contributed by atoms with van der Waals surface area (Å²) in [5.41, 5.74) is 2.26. The van der Waals surface area contributed by atoms with E-state index in [0.717, 1.165) is 36.8 Å². The Morgan fingerprint density at radius 3 is 2.81 bits per heavy atom. The summed E-state index contributed by atoms with van der Waals surface area (Å²) >= 11 is 1.41. The first-order valence-electron chi connectivity index (χ1n) is 8.97. The molecule has 140 valence electrons. The zero-order valence-electron chi connectivity index (χ0n) is 15.4. The molecule has 0 aliphatic carbocycles. The largest absolute Gasteiger partial charge is 0.461 e. The van der Waals surface area contributed by atoms with Crippen molar-refractivity contribution in [2.45, 2.75) is 58.2 Å². The molecule has 0 saturated carbocycles. The molecule has 3 heterocycles. The molecule has 0 radical (unpaired) electrons. The standard InChI is InChI=1S/C18H24N4O3S/c1-4-25-17(24)16-11(2)15(12(3)19-16)13(23)10-26-18-21-20-14-8-6-5-7-9-22(14)18/h19H,4-10H2,1-3H3. The molecule has 0 amide bonds. The fraction of sp³-hybridized carbons (Fsp3) is 0.556. The number of ether oxygens (including phenoxy) is 1. The number of H-pyrrole nitrogens is 1. The Balaban J connectivity index is 1.73. The number of aryl methyl sites for hydroxylation is 2. The normalized spacial score (nSPS) is 14.0. The van der Waals surface area contributed by atoms with Crippen molar-refractivity contribution in [2.75, 3.05) is 12.4 Å². The number of aromatic nitrogens is 4. The van der Waals surface area contributed by atoms with Crippen molar-refractivity contribution in [3.63, 3.8) is 0 Å². The van der Waals surface area contributed by atoms with E-state index in [9.17, 15) is 9.59 Å². The van der Waals surface area contributed by atoms with E-state index in [1.165, 1.54) is 18.2 Å². The number of esters is 1. The molecule has 0 bridgehead atoms. The van der Waals surface area contributed by atoms with Gasteiger partial charge in [-0.3, -0.25) is 4.79 Å². The first kappa shape index (κ1) is 18.7. The predicted octanol–water partition coefficient (Wildman–Crippen LogP) is 3.10. The number of nitrogens with zero attached hydrogens (tertiary/aromatic N) is 3. The molecule has 26 heavy (non-hydrogen) atoms. The van der Waals surface area contributed by atoms with E-state index >= 15 is 0 Å². The smallest absolute Gasteiger partial charge is 0.355 e. The quantitative estimate of drug-likeness (QED) is 0.473. The van der Waals surface area contributed by atoms with E-state index in [-0.39, 0.29) is 11.5 Å². The third kappa shape index (κ3) is 3.70. The molecule has 0 aromatic carbocycles. The van der Waals surface area contributed by atoms with Gasteiger partial charge in [-0.25, -0.2) is 4.79 Å². The zero-order chi connectivity index (χ0) is 18.7. The van der Waals surface area contributed by atoms with Crippen LogP contribution in [0.1, 0.15) is 64.1 Å². The fourth-order valence-corrected chi connectivity index (χ4v) is 4.20. The van der Waals surface area contributed by atoms with Gasteiger partial charge < -0.3 is 14.3 Å². The summed E-state index contributed by atoms with van der Waals surface area (Å²) in [6.45, 7) is 6.54. The highest BCUT2D eigenvalue weighted by molar-refractivity contribution is 7.99. The maximum atomic E-state index is 12.8. The van der Waals surface area contributed by atoms with Crippen LogP contribution >= 0.6 is 11.8 Å². The number of fused-ring (bicyclic) bond motifs is 1. The summed E-state index contributed by atoms with van der Waals surface area (Å²) in [6, 6.07) is 0. The summed E-state index contributed by atoms with van der Waals surface area (Å²) < 4.78 is 7.17. The molecule has 2 aromatic rings. The van der Waals surface area contributed by atoms with Crippen molar-refractivity contribution in [2.24, 2.45) is 0 Å². The summed E-state index contributed by atoms with van der Waals surface area (Å²) in [7, 11) is 0. The van der Waals surface area contributed by atoms with Crippen molar-refractivity contribution in [1.29, 1.82) is 0 Å². The third-order valence-corrected chi connectivity index (χ3v) is 5.57. The lowest BCUT2D eigenvalue weighted by molar-refractivity contribution is 0.0519. The van der Waals surface area contributed by atoms with Gasteiger partial charge in [-0.05, 0) is 39.2 Å². The van der Waals surface area contributed by atoms with Crippen LogP contribution in [0.15, 0.2) is 5.16 Å². The molecule has 0 atom stereocenters. The Bertz CT molecular complexity index is 825. The minimum Gasteiger partial charge on any atom is -0.461 e. The monoisotopic (exact) mass is 376 g/mol. The van der Waals surface area contributed by atoms with Gasteiger partial charge in [0.15, 0.2) is 10.9 Å². The van der Waals surface area contributed by atoms with Crippen molar-refractivity contribution in [1.82, 2.24) is 19.7 Å². The van der Waals surface area contributed by atoms with E-state index < -0.39 is 5.97 Å². The topological polar surface area (TPSA) is 89.9 Å². The van der Waals surface area contributed by atoms with Gasteiger partial charge in [0.05, 0.1) is 12.4 Å². The number of Topliss-reactive ketones (excluding diaryl/α,β-unsaturated/α-hetero) is 1. The van der Waals surface area contributed by atoms with Gasteiger partial charge in [-0.2, -0.15) is 0 Å². The molecular formula is C18H24N4O3S. The Hall–Kier alpha value is -2.09. The van der Waals surface area contributed by atoms with Crippen molar-refractivity contribution in [3.8, 4) is 0 Å². The Kier molecular flexibility index (Phi) is 5.80. The molecule has 1 aliphatic rings. The van der Waals surface area contributed by atoms with E-state index in [4.69, 9.17) is 4.74 Å². The lowest BCUT2D eigenvalue weighted by Crippen LogP contribution is -2.09. The molecule has 0 fully saturated rings. The van der Waals surface area contributed by atoms with Crippen LogP contribution in [0.4, 0.5) is 0 Å². The Labute approximate surface area is 156 Å². The second-order valence-electron chi connectivity index (χ2n) is 6.42. The van der Waals surface area contributed by atoms with E-state index in [1.807, 2.05) is 0 Å². The summed E-state index contributed by atoms with van der Waals surface area (Å²) in [4.78, 5) is 27.8. The number of carbonyl (C=O) groups excluding carboxylic acids is 2. The van der Waals surface area contributed by atoms with E-state index in [2.05, 4.69) is 19.7 Å². The van der Waals surface area contributed by atoms with E-state index in [0.29, 0.717) is 29.1 Å². The van der Waals surface area contributed by atoms with Crippen LogP contribution in [-0.4, -0.2) is 43.9 Å². The Morgan fingerprint density at radius 1 is 1.23 bits per heavy atom. The van der Waals surface area contributed by atoms with Gasteiger partial charge in [0.2, 0.25) is 0 Å². The number of thioether (sulfide) groups is 1. The van der Waals surface area contributed by atoms with Gasteiger partial charge in [0.25, 0.3) is 0 Å². The molecule has 0 saturated heterocycles. The van der Waals surface area contributed by atoms with Crippen molar-refractivity contribution in [3.05, 3.63) is 28.3 Å². The summed E-state index contributed by atoms with van der Waals surface area (Å²) in [5, 5.41) is 9.31. The third-order valence-electron chi connectivity index (χ3n) is 4.60. The minimum atomic E-state index is -0.428. The van der Waals surface area contributed by atoms with Gasteiger partial charge in [-0.1, -0.05) is 18.2 Å². The first-order chi connectivity index (χ1) is 12.5. The summed E-state index contributed by atoms with van der Waals surface area (Å²) in [6.07, 6.45) is 4.40. The highest BCUT2D eigenvalue weighted by Gasteiger charge is 2.23. The van der Waals surface area contributed by atoms with Crippen LogP contribution in [0.5, 0.6) is 0 Å². The number of ketones is 1. The molecule has 7 nitrogen and oxygen atoms in total. The number of carbonyl (C=O) groups is 2. The van der Waals surface area contributed by atoms with Crippen LogP contribution in [0.25, 0.3) is 0 Å². The molecule has 1 aliphatic heterocycles. The number of rotatable bonds is 6. The molecular weight excluding hydrogens is 352 g/mol. The molecule has 0 unspecified atom stereocenters. The van der Waals surface area contributed by atoms with Gasteiger partial charge in [0, 0.05) is 24.2 Å². The molecule has 3 rings (SSSR count). The lowest BCUT2D eigenvalue weighted by Gasteiger charge is -2.06. The van der Waals surface area contributed by atoms with Crippen molar-refractivity contribution < 1.29 is 14.3 Å².